The number of ether oxygens (including phenoxy) is 3. The van der Waals surface area contributed by atoms with Crippen molar-refractivity contribution in [3.63, 3.8) is 0 Å². The Hall–Kier alpha value is -4.21. The fourth-order valence-corrected chi connectivity index (χ4v) is 4.09. The molecule has 176 valence electrons. The number of carbonyl (C=O) groups is 1. The molecule has 10 nitrogen and oxygen atoms in total. The van der Waals surface area contributed by atoms with Gasteiger partial charge in [0, 0.05) is 38.9 Å². The van der Waals surface area contributed by atoms with Gasteiger partial charge in [0.15, 0.2) is 11.5 Å². The molecule has 10 heteroatoms. The van der Waals surface area contributed by atoms with E-state index in [1.807, 2.05) is 35.2 Å². The highest BCUT2D eigenvalue weighted by molar-refractivity contribution is 5.93. The summed E-state index contributed by atoms with van der Waals surface area (Å²) in [5.74, 6) is 2.12. The van der Waals surface area contributed by atoms with E-state index in [2.05, 4.69) is 20.2 Å². The molecule has 0 spiro atoms. The number of H-pyrrole nitrogens is 1. The van der Waals surface area contributed by atoms with Crippen LogP contribution in [0.25, 0.3) is 0 Å². The quantitative estimate of drug-likeness (QED) is 0.569. The van der Waals surface area contributed by atoms with Crippen molar-refractivity contribution in [3.05, 3.63) is 70.1 Å². The number of nitrogens with one attached hydrogen (secondary N) is 2. The number of amides is 1. The summed E-state index contributed by atoms with van der Waals surface area (Å²) in [6, 6.07) is 13.3. The van der Waals surface area contributed by atoms with Gasteiger partial charge in [0.1, 0.15) is 11.3 Å². The molecule has 0 bridgehead atoms. The van der Waals surface area contributed by atoms with E-state index in [0.29, 0.717) is 30.5 Å². The maximum absolute atomic E-state index is 12.6. The third-order valence-electron chi connectivity index (χ3n) is 5.93. The minimum atomic E-state index is -0.487. The molecule has 1 fully saturated rings. The van der Waals surface area contributed by atoms with Crippen LogP contribution in [-0.4, -0.2) is 56.0 Å². The van der Waals surface area contributed by atoms with Crippen LogP contribution in [0.4, 0.5) is 11.6 Å². The first kappa shape index (κ1) is 21.6. The molecule has 5 rings (SSSR count). The number of hydrogen-bond acceptors (Lipinski definition) is 8. The number of nitrogens with zero attached hydrogens (tertiary/aromatic N) is 3. The fraction of sp³-hybridized carbons (Fsp3) is 0.292. The molecular formula is C24H25N5O5. The Morgan fingerprint density at radius 3 is 2.65 bits per heavy atom. The van der Waals surface area contributed by atoms with E-state index >= 15 is 0 Å². The Balaban J connectivity index is 1.20. The maximum atomic E-state index is 12.6. The van der Waals surface area contributed by atoms with Crippen molar-refractivity contribution >= 4 is 17.5 Å². The predicted molar refractivity (Wildman–Crippen MR) is 126 cm³/mol. The number of aromatic nitrogens is 2. The molecular weight excluding hydrogens is 438 g/mol. The van der Waals surface area contributed by atoms with Crippen molar-refractivity contribution in [1.29, 1.82) is 0 Å². The van der Waals surface area contributed by atoms with E-state index < -0.39 is 11.5 Å². The van der Waals surface area contributed by atoms with Gasteiger partial charge in [-0.3, -0.25) is 14.6 Å². The lowest BCUT2D eigenvalue weighted by Gasteiger charge is -2.36. The van der Waals surface area contributed by atoms with Crippen LogP contribution >= 0.6 is 0 Å². The normalized spacial score (nSPS) is 14.7. The van der Waals surface area contributed by atoms with Crippen molar-refractivity contribution < 1.29 is 19.0 Å². The van der Waals surface area contributed by atoms with Crippen molar-refractivity contribution in [2.24, 2.45) is 0 Å². The molecule has 1 aromatic heterocycles. The largest absolute Gasteiger partial charge is 0.495 e. The van der Waals surface area contributed by atoms with Crippen LogP contribution in [-0.2, 0) is 6.54 Å². The summed E-state index contributed by atoms with van der Waals surface area (Å²) >= 11 is 0. The number of para-hydroxylation sites is 2. The summed E-state index contributed by atoms with van der Waals surface area (Å²) in [6.07, 6.45) is 1.33. The van der Waals surface area contributed by atoms with Gasteiger partial charge < -0.3 is 29.3 Å². The van der Waals surface area contributed by atoms with Gasteiger partial charge in [-0.1, -0.05) is 18.2 Å². The first-order chi connectivity index (χ1) is 16.6. The predicted octanol–water partition coefficient (Wildman–Crippen LogP) is 1.76. The minimum Gasteiger partial charge on any atom is -0.495 e. The molecule has 3 aromatic rings. The standard InChI is InChI=1S/C24H25N5O5/c1-32-19-5-3-2-4-18(19)28-8-10-29(11-9-28)24-26-14-17(23(31)27-24)22(30)25-13-16-6-7-20-21(12-16)34-15-33-20/h2-7,12,14H,8-11,13,15H2,1H3,(H,25,30)(H,26,27,31). The van der Waals surface area contributed by atoms with E-state index in [1.54, 1.807) is 19.2 Å². The number of anilines is 2. The van der Waals surface area contributed by atoms with Gasteiger partial charge in [-0.2, -0.15) is 0 Å². The molecule has 0 atom stereocenters. The van der Waals surface area contributed by atoms with Crippen LogP contribution in [0.2, 0.25) is 0 Å². The minimum absolute atomic E-state index is 0.0304. The number of rotatable bonds is 6. The summed E-state index contributed by atoms with van der Waals surface area (Å²) in [5.41, 5.74) is 1.38. The molecule has 34 heavy (non-hydrogen) atoms. The average molecular weight is 463 g/mol. The highest BCUT2D eigenvalue weighted by Crippen LogP contribution is 2.32. The Morgan fingerprint density at radius 2 is 1.85 bits per heavy atom. The first-order valence-corrected chi connectivity index (χ1v) is 11.0. The van der Waals surface area contributed by atoms with Crippen LogP contribution in [0.15, 0.2) is 53.5 Å². The molecule has 2 aromatic carbocycles. The summed E-state index contributed by atoms with van der Waals surface area (Å²) < 4.78 is 16.1. The maximum Gasteiger partial charge on any atom is 0.265 e. The lowest BCUT2D eigenvalue weighted by molar-refractivity contribution is 0.0949. The molecule has 2 N–H and O–H groups in total. The number of aromatic amines is 1. The van der Waals surface area contributed by atoms with Crippen LogP contribution in [0.5, 0.6) is 17.2 Å². The number of piperazine rings is 1. The first-order valence-electron chi connectivity index (χ1n) is 11.0. The van der Waals surface area contributed by atoms with Crippen LogP contribution < -0.4 is 34.9 Å². The summed E-state index contributed by atoms with van der Waals surface area (Å²) in [6.45, 7) is 3.30. The highest BCUT2D eigenvalue weighted by atomic mass is 16.7. The summed E-state index contributed by atoms with van der Waals surface area (Å²) in [7, 11) is 1.66. The van der Waals surface area contributed by atoms with E-state index in [1.165, 1.54) is 6.20 Å². The number of methoxy groups -OCH3 is 1. The molecule has 0 saturated carbocycles. The molecule has 2 aliphatic heterocycles. The molecule has 0 aliphatic carbocycles. The number of fused-ring (bicyclic) bond motifs is 1. The Kier molecular flexibility index (Phi) is 5.94. The third-order valence-corrected chi connectivity index (χ3v) is 5.93. The number of benzene rings is 2. The second-order valence-electron chi connectivity index (χ2n) is 7.97. The number of hydrogen-bond donors (Lipinski definition) is 2. The summed E-state index contributed by atoms with van der Waals surface area (Å²) in [5, 5.41) is 2.75. The van der Waals surface area contributed by atoms with Gasteiger partial charge >= 0.3 is 0 Å². The van der Waals surface area contributed by atoms with E-state index in [4.69, 9.17) is 14.2 Å². The zero-order valence-electron chi connectivity index (χ0n) is 18.7. The molecule has 2 aliphatic rings. The zero-order chi connectivity index (χ0) is 23.5. The van der Waals surface area contributed by atoms with Gasteiger partial charge in [0.05, 0.1) is 12.8 Å². The van der Waals surface area contributed by atoms with Gasteiger partial charge in [-0.05, 0) is 29.8 Å². The van der Waals surface area contributed by atoms with Gasteiger partial charge in [0.2, 0.25) is 12.7 Å². The van der Waals surface area contributed by atoms with Crippen LogP contribution in [0.3, 0.4) is 0 Å². The Bertz CT molecular complexity index is 1250. The van der Waals surface area contributed by atoms with Gasteiger partial charge in [0.25, 0.3) is 11.5 Å². The Morgan fingerprint density at radius 1 is 1.09 bits per heavy atom. The lowest BCUT2D eigenvalue weighted by atomic mass is 10.2. The zero-order valence-corrected chi connectivity index (χ0v) is 18.7. The topological polar surface area (TPSA) is 109 Å². The van der Waals surface area contributed by atoms with Gasteiger partial charge in [-0.15, -0.1) is 0 Å². The molecule has 1 amide bonds. The van der Waals surface area contributed by atoms with Crippen molar-refractivity contribution in [2.45, 2.75) is 6.54 Å². The smallest absolute Gasteiger partial charge is 0.265 e. The van der Waals surface area contributed by atoms with E-state index in [9.17, 15) is 9.59 Å². The van der Waals surface area contributed by atoms with Crippen LogP contribution in [0.1, 0.15) is 15.9 Å². The second kappa shape index (κ2) is 9.34. The molecule has 1 saturated heterocycles. The third kappa shape index (κ3) is 4.34. The average Bonchev–Trinajstić information content (AvgIpc) is 3.35. The monoisotopic (exact) mass is 463 g/mol. The highest BCUT2D eigenvalue weighted by Gasteiger charge is 2.22. The van der Waals surface area contributed by atoms with Crippen molar-refractivity contribution in [3.8, 4) is 17.2 Å². The Labute approximate surface area is 196 Å². The molecule has 0 unspecified atom stereocenters. The van der Waals surface area contributed by atoms with E-state index in [0.717, 1.165) is 30.1 Å². The SMILES string of the molecule is COc1ccccc1N1CCN(c2ncc(C(=O)NCc3ccc4c(c3)OCO4)c(=O)[nH]2)CC1. The number of carbonyl (C=O) groups excluding carboxylic acids is 1. The second-order valence-corrected chi connectivity index (χ2v) is 7.97. The van der Waals surface area contributed by atoms with Crippen molar-refractivity contribution in [1.82, 2.24) is 15.3 Å². The van der Waals surface area contributed by atoms with E-state index in [-0.39, 0.29) is 18.9 Å². The lowest BCUT2D eigenvalue weighted by Crippen LogP contribution is -2.47. The fourth-order valence-electron chi connectivity index (χ4n) is 4.09. The molecule has 3 heterocycles. The van der Waals surface area contributed by atoms with Gasteiger partial charge in [-0.25, -0.2) is 4.98 Å². The molecule has 0 radical (unpaired) electrons. The summed E-state index contributed by atoms with van der Waals surface area (Å²) in [4.78, 5) is 36.5. The van der Waals surface area contributed by atoms with Crippen molar-refractivity contribution in [2.75, 3.05) is 49.9 Å². The van der Waals surface area contributed by atoms with Crippen LogP contribution in [0, 0.1) is 0 Å².